The Bertz CT molecular complexity index is 909. The van der Waals surface area contributed by atoms with E-state index in [4.69, 9.17) is 9.47 Å². The molecule has 1 unspecified atom stereocenters. The van der Waals surface area contributed by atoms with Gasteiger partial charge in [-0.3, -0.25) is 4.90 Å². The molecule has 4 rings (SSSR count). The minimum atomic E-state index is 0.381. The van der Waals surface area contributed by atoms with E-state index in [-0.39, 0.29) is 0 Å². The molecule has 3 heteroatoms. The molecule has 3 nitrogen and oxygen atoms in total. The maximum Gasteiger partial charge on any atom is 0.162 e. The van der Waals surface area contributed by atoms with E-state index >= 15 is 0 Å². The summed E-state index contributed by atoms with van der Waals surface area (Å²) in [6, 6.07) is 25.3. The van der Waals surface area contributed by atoms with Crippen molar-refractivity contribution >= 4 is 0 Å². The van der Waals surface area contributed by atoms with Crippen molar-refractivity contribution in [3.05, 3.63) is 95.1 Å². The van der Waals surface area contributed by atoms with Gasteiger partial charge in [-0.25, -0.2) is 0 Å². The van der Waals surface area contributed by atoms with Crippen molar-refractivity contribution in [1.29, 1.82) is 0 Å². The van der Waals surface area contributed by atoms with Gasteiger partial charge in [0.05, 0.1) is 0 Å². The van der Waals surface area contributed by atoms with E-state index in [1.807, 2.05) is 36.4 Å². The quantitative estimate of drug-likeness (QED) is 0.578. The van der Waals surface area contributed by atoms with E-state index in [0.717, 1.165) is 35.6 Å². The van der Waals surface area contributed by atoms with Gasteiger partial charge in [-0.15, -0.1) is 0 Å². The van der Waals surface area contributed by atoms with E-state index in [0.29, 0.717) is 19.3 Å². The zero-order chi connectivity index (χ0) is 19.3. The smallest absolute Gasteiger partial charge is 0.162 e. The van der Waals surface area contributed by atoms with Crippen molar-refractivity contribution < 1.29 is 9.47 Å². The summed E-state index contributed by atoms with van der Waals surface area (Å²) in [6.45, 7) is 4.39. The molecule has 28 heavy (non-hydrogen) atoms. The van der Waals surface area contributed by atoms with Gasteiger partial charge in [0.1, 0.15) is 13.2 Å². The van der Waals surface area contributed by atoms with Crippen LogP contribution in [0.2, 0.25) is 0 Å². The van der Waals surface area contributed by atoms with Crippen LogP contribution in [0.1, 0.15) is 35.2 Å². The fraction of sp³-hybridized carbons (Fsp3) is 0.280. The lowest BCUT2D eigenvalue weighted by atomic mass is 9.93. The second kappa shape index (κ2) is 8.49. The van der Waals surface area contributed by atoms with Crippen LogP contribution in [-0.2, 0) is 19.6 Å². The van der Waals surface area contributed by atoms with Gasteiger partial charge < -0.3 is 9.47 Å². The van der Waals surface area contributed by atoms with Crippen LogP contribution in [-0.4, -0.2) is 18.5 Å². The summed E-state index contributed by atoms with van der Waals surface area (Å²) in [5, 5.41) is 0. The number of benzene rings is 3. The predicted molar refractivity (Wildman–Crippen MR) is 113 cm³/mol. The van der Waals surface area contributed by atoms with Crippen LogP contribution < -0.4 is 9.47 Å². The minimum Gasteiger partial charge on any atom is -0.485 e. The van der Waals surface area contributed by atoms with Gasteiger partial charge in [0.2, 0.25) is 0 Å². The highest BCUT2D eigenvalue weighted by Crippen LogP contribution is 2.38. The topological polar surface area (TPSA) is 21.7 Å². The standard InChI is InChI=1S/C25H27NO2/c1-19-23-16-25(28-18-21-11-7-4-8-12-21)24(15-22(23)13-14-26(19)2)27-17-20-9-5-3-6-10-20/h3-12,15-16,19H,13-14,17-18H2,1-2H3. The van der Waals surface area contributed by atoms with E-state index in [2.05, 4.69) is 55.3 Å². The van der Waals surface area contributed by atoms with Gasteiger partial charge in [-0.2, -0.15) is 0 Å². The number of ether oxygens (including phenoxy) is 2. The first kappa shape index (κ1) is 18.6. The first-order chi connectivity index (χ1) is 13.7. The van der Waals surface area contributed by atoms with Gasteiger partial charge in [-0.05, 0) is 54.8 Å². The van der Waals surface area contributed by atoms with Crippen molar-refractivity contribution in [2.45, 2.75) is 32.6 Å². The molecule has 0 aromatic heterocycles. The summed E-state index contributed by atoms with van der Waals surface area (Å²) < 4.78 is 12.4. The molecule has 0 N–H and O–H groups in total. The highest BCUT2D eigenvalue weighted by Gasteiger charge is 2.23. The summed E-state index contributed by atoms with van der Waals surface area (Å²) >= 11 is 0. The van der Waals surface area contributed by atoms with Crippen molar-refractivity contribution in [2.24, 2.45) is 0 Å². The maximum atomic E-state index is 6.22. The second-order valence-electron chi connectivity index (χ2n) is 7.45. The monoisotopic (exact) mass is 373 g/mol. The molecule has 0 fully saturated rings. The molecule has 1 aliphatic rings. The summed E-state index contributed by atoms with van der Waals surface area (Å²) in [6.07, 6.45) is 1.04. The Labute approximate surface area is 167 Å². The van der Waals surface area contributed by atoms with Gasteiger partial charge in [0.25, 0.3) is 0 Å². The normalized spacial score (nSPS) is 16.4. The summed E-state index contributed by atoms with van der Waals surface area (Å²) in [7, 11) is 2.18. The third kappa shape index (κ3) is 4.20. The molecular weight excluding hydrogens is 346 g/mol. The van der Waals surface area contributed by atoms with Crippen LogP contribution >= 0.6 is 0 Å². The van der Waals surface area contributed by atoms with E-state index in [9.17, 15) is 0 Å². The van der Waals surface area contributed by atoms with Crippen molar-refractivity contribution in [3.63, 3.8) is 0 Å². The lowest BCUT2D eigenvalue weighted by Crippen LogP contribution is -2.30. The summed E-state index contributed by atoms with van der Waals surface area (Å²) in [5.41, 5.74) is 5.01. The third-order valence-corrected chi connectivity index (χ3v) is 5.52. The van der Waals surface area contributed by atoms with Crippen molar-refractivity contribution in [1.82, 2.24) is 4.90 Å². The number of fused-ring (bicyclic) bond motifs is 1. The number of rotatable bonds is 6. The zero-order valence-corrected chi connectivity index (χ0v) is 16.6. The van der Waals surface area contributed by atoms with Crippen molar-refractivity contribution in [2.75, 3.05) is 13.6 Å². The minimum absolute atomic E-state index is 0.381. The Morgan fingerprint density at radius 1 is 0.821 bits per heavy atom. The molecule has 0 saturated carbocycles. The van der Waals surface area contributed by atoms with Gasteiger partial charge in [-0.1, -0.05) is 60.7 Å². The summed E-state index contributed by atoms with van der Waals surface area (Å²) in [5.74, 6) is 1.65. The molecule has 0 aliphatic carbocycles. The number of hydrogen-bond donors (Lipinski definition) is 0. The SMILES string of the molecule is CC1c2cc(OCc3ccccc3)c(OCc3ccccc3)cc2CCN1C. The fourth-order valence-corrected chi connectivity index (χ4v) is 3.65. The molecule has 1 atom stereocenters. The Balaban J connectivity index is 1.60. The largest absolute Gasteiger partial charge is 0.485 e. The summed E-state index contributed by atoms with van der Waals surface area (Å²) in [4.78, 5) is 2.38. The Morgan fingerprint density at radius 3 is 1.93 bits per heavy atom. The zero-order valence-electron chi connectivity index (χ0n) is 16.6. The molecule has 0 spiro atoms. The average Bonchev–Trinajstić information content (AvgIpc) is 2.75. The number of nitrogens with zero attached hydrogens (tertiary/aromatic N) is 1. The van der Waals surface area contributed by atoms with E-state index in [1.54, 1.807) is 0 Å². The lowest BCUT2D eigenvalue weighted by Gasteiger charge is -2.33. The van der Waals surface area contributed by atoms with E-state index < -0.39 is 0 Å². The molecule has 144 valence electrons. The molecule has 1 heterocycles. The van der Waals surface area contributed by atoms with Crippen LogP contribution in [0.4, 0.5) is 0 Å². The highest BCUT2D eigenvalue weighted by molar-refractivity contribution is 5.49. The molecular formula is C25H27NO2. The van der Waals surface area contributed by atoms with Crippen LogP contribution in [0.15, 0.2) is 72.8 Å². The first-order valence-electron chi connectivity index (χ1n) is 9.91. The van der Waals surface area contributed by atoms with Crippen LogP contribution in [0.5, 0.6) is 11.5 Å². The maximum absolute atomic E-state index is 6.22. The van der Waals surface area contributed by atoms with E-state index in [1.165, 1.54) is 11.1 Å². The first-order valence-corrected chi connectivity index (χ1v) is 9.91. The highest BCUT2D eigenvalue weighted by atomic mass is 16.5. The Kier molecular flexibility index (Phi) is 5.63. The Morgan fingerprint density at radius 2 is 1.36 bits per heavy atom. The van der Waals surface area contributed by atoms with Crippen LogP contribution in [0.3, 0.4) is 0 Å². The third-order valence-electron chi connectivity index (χ3n) is 5.52. The van der Waals surface area contributed by atoms with Gasteiger partial charge in [0.15, 0.2) is 11.5 Å². The molecule has 0 saturated heterocycles. The molecule has 3 aromatic rings. The lowest BCUT2D eigenvalue weighted by molar-refractivity contribution is 0.237. The van der Waals surface area contributed by atoms with Gasteiger partial charge >= 0.3 is 0 Å². The number of hydrogen-bond acceptors (Lipinski definition) is 3. The Hall–Kier alpha value is -2.78. The van der Waals surface area contributed by atoms with Gasteiger partial charge in [0, 0.05) is 12.6 Å². The number of likely N-dealkylation sites (N-methyl/N-ethyl adjacent to an activating group) is 1. The van der Waals surface area contributed by atoms with Crippen LogP contribution in [0, 0.1) is 0 Å². The average molecular weight is 373 g/mol. The second-order valence-corrected chi connectivity index (χ2v) is 7.45. The predicted octanol–water partition coefficient (Wildman–Crippen LogP) is 5.39. The molecule has 0 bridgehead atoms. The molecule has 0 amide bonds. The van der Waals surface area contributed by atoms with Crippen LogP contribution in [0.25, 0.3) is 0 Å². The molecule has 1 aliphatic heterocycles. The molecule has 0 radical (unpaired) electrons. The fourth-order valence-electron chi connectivity index (χ4n) is 3.65. The molecule has 3 aromatic carbocycles. The van der Waals surface area contributed by atoms with Crippen molar-refractivity contribution in [3.8, 4) is 11.5 Å².